The Kier molecular flexibility index (Phi) is 8.59. The van der Waals surface area contributed by atoms with Gasteiger partial charge < -0.3 is 19.7 Å². The number of methoxy groups -OCH3 is 1. The van der Waals surface area contributed by atoms with Crippen LogP contribution in [0.3, 0.4) is 0 Å². The van der Waals surface area contributed by atoms with Crippen molar-refractivity contribution in [2.45, 2.75) is 46.7 Å². The number of hydrogen-bond donors (Lipinski definition) is 1. The van der Waals surface area contributed by atoms with Gasteiger partial charge in [-0.15, -0.1) is 24.0 Å². The third kappa shape index (κ3) is 5.00. The third-order valence-corrected chi connectivity index (χ3v) is 5.25. The highest BCUT2D eigenvalue weighted by Crippen LogP contribution is 2.46. The number of nitrogens with one attached hydrogen (secondary N) is 1. The maximum atomic E-state index is 5.71. The molecule has 1 N–H and O–H groups in total. The zero-order valence-corrected chi connectivity index (χ0v) is 19.2. The Morgan fingerprint density at radius 2 is 2.04 bits per heavy atom. The van der Waals surface area contributed by atoms with Crippen molar-refractivity contribution in [2.75, 3.05) is 33.4 Å². The molecule has 1 aliphatic heterocycles. The van der Waals surface area contributed by atoms with Crippen molar-refractivity contribution >= 4 is 29.9 Å². The molecule has 2 rings (SSSR count). The van der Waals surface area contributed by atoms with Crippen LogP contribution in [-0.4, -0.2) is 54.8 Å². The molecule has 0 aliphatic carbocycles. The predicted molar refractivity (Wildman–Crippen MR) is 116 cm³/mol. The third-order valence-electron chi connectivity index (χ3n) is 5.25. The highest BCUT2D eigenvalue weighted by atomic mass is 127. The van der Waals surface area contributed by atoms with E-state index in [0.717, 1.165) is 24.6 Å². The minimum Gasteiger partial charge on any atom is -0.475 e. The van der Waals surface area contributed by atoms with Gasteiger partial charge in [0.25, 0.3) is 0 Å². The molecule has 0 radical (unpaired) electrons. The van der Waals surface area contributed by atoms with Gasteiger partial charge in [0, 0.05) is 42.9 Å². The lowest BCUT2D eigenvalue weighted by Gasteiger charge is -2.62. The van der Waals surface area contributed by atoms with E-state index in [0.29, 0.717) is 25.6 Å². The lowest BCUT2D eigenvalue weighted by Crippen LogP contribution is -2.72. The van der Waals surface area contributed by atoms with Crippen molar-refractivity contribution in [1.82, 2.24) is 15.2 Å². The average molecular weight is 476 g/mol. The normalized spacial score (nSPS) is 17.9. The molecule has 6 nitrogen and oxygen atoms in total. The zero-order chi connectivity index (χ0) is 18.5. The summed E-state index contributed by atoms with van der Waals surface area (Å²) in [7, 11) is 1.66. The minimum absolute atomic E-state index is 0. The standard InChI is InChI=1S/C19H32N4O2.HI/c1-7-20-17(23-14-18(2,3)19(23,4)5)22-13-15-9-8-10-21-16(15)25-12-11-24-6;/h8-10H,7,11-14H2,1-6H3,(H,20,22);1H. The fraction of sp³-hybridized carbons (Fsp3) is 0.684. The Balaban J connectivity index is 0.00000338. The van der Waals surface area contributed by atoms with Crippen molar-refractivity contribution in [1.29, 1.82) is 0 Å². The van der Waals surface area contributed by atoms with E-state index in [1.54, 1.807) is 13.3 Å². The number of guanidine groups is 1. The van der Waals surface area contributed by atoms with Crippen LogP contribution in [0.5, 0.6) is 5.88 Å². The van der Waals surface area contributed by atoms with Gasteiger partial charge >= 0.3 is 0 Å². The van der Waals surface area contributed by atoms with Crippen LogP contribution in [0.25, 0.3) is 0 Å². The van der Waals surface area contributed by atoms with E-state index < -0.39 is 0 Å². The lowest BCUT2D eigenvalue weighted by atomic mass is 9.65. The zero-order valence-electron chi connectivity index (χ0n) is 16.8. The van der Waals surface area contributed by atoms with Gasteiger partial charge in [0.05, 0.1) is 13.2 Å². The maximum absolute atomic E-state index is 5.71. The van der Waals surface area contributed by atoms with Gasteiger partial charge in [0.1, 0.15) is 6.61 Å². The van der Waals surface area contributed by atoms with Crippen LogP contribution >= 0.6 is 24.0 Å². The predicted octanol–water partition coefficient (Wildman–Crippen LogP) is 3.31. The maximum Gasteiger partial charge on any atom is 0.218 e. The Bertz CT molecular complexity index is 605. The van der Waals surface area contributed by atoms with Gasteiger partial charge in [-0.05, 0) is 26.8 Å². The second kappa shape index (κ2) is 9.73. The molecule has 26 heavy (non-hydrogen) atoms. The number of rotatable bonds is 7. The van der Waals surface area contributed by atoms with Crippen molar-refractivity contribution in [3.05, 3.63) is 23.9 Å². The first-order chi connectivity index (χ1) is 11.8. The van der Waals surface area contributed by atoms with Gasteiger partial charge in [-0.2, -0.15) is 0 Å². The quantitative estimate of drug-likeness (QED) is 0.283. The molecule has 0 aromatic carbocycles. The summed E-state index contributed by atoms with van der Waals surface area (Å²) >= 11 is 0. The van der Waals surface area contributed by atoms with Crippen LogP contribution in [0.1, 0.15) is 40.2 Å². The number of ether oxygens (including phenoxy) is 2. The highest BCUT2D eigenvalue weighted by molar-refractivity contribution is 14.0. The van der Waals surface area contributed by atoms with Crippen molar-refractivity contribution < 1.29 is 9.47 Å². The Labute approximate surface area is 174 Å². The molecular formula is C19H33IN4O2. The number of aliphatic imine (C=N–C) groups is 1. The molecule has 1 aromatic rings. The summed E-state index contributed by atoms with van der Waals surface area (Å²) < 4.78 is 10.7. The van der Waals surface area contributed by atoms with E-state index in [2.05, 4.69) is 49.8 Å². The molecule has 0 unspecified atom stereocenters. The van der Waals surface area contributed by atoms with Crippen molar-refractivity contribution in [2.24, 2.45) is 10.4 Å². The average Bonchev–Trinajstić information content (AvgIpc) is 2.58. The van der Waals surface area contributed by atoms with Crippen LogP contribution in [0, 0.1) is 5.41 Å². The molecule has 2 heterocycles. The van der Waals surface area contributed by atoms with Gasteiger partial charge in [-0.25, -0.2) is 9.98 Å². The molecule has 7 heteroatoms. The lowest BCUT2D eigenvalue weighted by molar-refractivity contribution is -0.0667. The second-order valence-corrected chi connectivity index (χ2v) is 7.51. The number of nitrogens with zero attached hydrogens (tertiary/aromatic N) is 3. The van der Waals surface area contributed by atoms with Crippen molar-refractivity contribution in [3.63, 3.8) is 0 Å². The molecule has 0 spiro atoms. The monoisotopic (exact) mass is 476 g/mol. The molecule has 148 valence electrons. The SMILES string of the molecule is CCNC(=NCc1cccnc1OCCOC)N1CC(C)(C)C1(C)C.I. The van der Waals surface area contributed by atoms with E-state index >= 15 is 0 Å². The number of halogens is 1. The summed E-state index contributed by atoms with van der Waals surface area (Å²) in [6.07, 6.45) is 1.74. The van der Waals surface area contributed by atoms with E-state index in [9.17, 15) is 0 Å². The summed E-state index contributed by atoms with van der Waals surface area (Å²) in [6.45, 7) is 14.6. The molecule has 1 aromatic heterocycles. The van der Waals surface area contributed by atoms with Crippen molar-refractivity contribution in [3.8, 4) is 5.88 Å². The summed E-state index contributed by atoms with van der Waals surface area (Å²) in [5.41, 5.74) is 1.32. The van der Waals surface area contributed by atoms with Gasteiger partial charge in [0.15, 0.2) is 5.96 Å². The van der Waals surface area contributed by atoms with Gasteiger partial charge in [-0.3, -0.25) is 0 Å². The fourth-order valence-electron chi connectivity index (χ4n) is 2.85. The van der Waals surface area contributed by atoms with Gasteiger partial charge in [0.2, 0.25) is 5.88 Å². The smallest absolute Gasteiger partial charge is 0.218 e. The molecule has 1 aliphatic rings. The fourth-order valence-corrected chi connectivity index (χ4v) is 2.85. The first-order valence-electron chi connectivity index (χ1n) is 8.95. The number of pyridine rings is 1. The highest BCUT2D eigenvalue weighted by Gasteiger charge is 2.53. The van der Waals surface area contributed by atoms with Crippen LogP contribution < -0.4 is 10.1 Å². The number of hydrogen-bond acceptors (Lipinski definition) is 4. The Hall–Kier alpha value is -1.09. The molecule has 1 saturated heterocycles. The van der Waals surface area contributed by atoms with Crippen LogP contribution in [-0.2, 0) is 11.3 Å². The Morgan fingerprint density at radius 3 is 2.62 bits per heavy atom. The second-order valence-electron chi connectivity index (χ2n) is 7.51. The number of aromatic nitrogens is 1. The van der Waals surface area contributed by atoms with Crippen LogP contribution in [0.15, 0.2) is 23.3 Å². The molecule has 1 fully saturated rings. The molecule has 0 amide bonds. The van der Waals surface area contributed by atoms with Crippen LogP contribution in [0.2, 0.25) is 0 Å². The summed E-state index contributed by atoms with van der Waals surface area (Å²) in [5, 5.41) is 3.41. The Morgan fingerprint density at radius 1 is 1.31 bits per heavy atom. The minimum atomic E-state index is 0. The topological polar surface area (TPSA) is 59.0 Å². The van der Waals surface area contributed by atoms with E-state index in [4.69, 9.17) is 14.5 Å². The summed E-state index contributed by atoms with van der Waals surface area (Å²) in [4.78, 5) is 11.5. The number of likely N-dealkylation sites (tertiary alicyclic amines) is 1. The summed E-state index contributed by atoms with van der Waals surface area (Å²) in [5.74, 6) is 1.57. The van der Waals surface area contributed by atoms with E-state index in [1.165, 1.54) is 0 Å². The molecule has 0 saturated carbocycles. The van der Waals surface area contributed by atoms with Gasteiger partial charge in [-0.1, -0.05) is 19.9 Å². The molecule has 0 atom stereocenters. The van der Waals surface area contributed by atoms with Crippen LogP contribution in [0.4, 0.5) is 0 Å². The molecular weight excluding hydrogens is 443 g/mol. The van der Waals surface area contributed by atoms with E-state index in [1.807, 2.05) is 12.1 Å². The first kappa shape index (κ1) is 23.0. The summed E-state index contributed by atoms with van der Waals surface area (Å²) in [6, 6.07) is 3.92. The molecule has 0 bridgehead atoms. The van der Waals surface area contributed by atoms with E-state index in [-0.39, 0.29) is 34.9 Å². The first-order valence-corrected chi connectivity index (χ1v) is 8.95. The largest absolute Gasteiger partial charge is 0.475 e.